The Bertz CT molecular complexity index is 671. The zero-order chi connectivity index (χ0) is 17.4. The van der Waals surface area contributed by atoms with Gasteiger partial charge in [-0.05, 0) is 31.0 Å². The number of aryl methyl sites for hydroxylation is 1. The molecule has 0 aliphatic rings. The Balaban J connectivity index is 1.70. The maximum atomic E-state index is 13.1. The van der Waals surface area contributed by atoms with Crippen LogP contribution in [0.15, 0.2) is 41.7 Å². The van der Waals surface area contributed by atoms with Gasteiger partial charge in [0.15, 0.2) is 5.96 Å². The maximum absolute atomic E-state index is 13.1. The fourth-order valence-corrected chi connectivity index (χ4v) is 2.20. The first-order chi connectivity index (χ1) is 11.6. The quantitative estimate of drug-likeness (QED) is 0.598. The number of guanidine groups is 1. The van der Waals surface area contributed by atoms with Gasteiger partial charge in [-0.25, -0.2) is 4.39 Å². The number of ether oxygens (including phenoxy) is 1. The summed E-state index contributed by atoms with van der Waals surface area (Å²) in [6.07, 6.45) is 4.59. The molecule has 1 atom stereocenters. The summed E-state index contributed by atoms with van der Waals surface area (Å²) in [5.41, 5.74) is 1.17. The van der Waals surface area contributed by atoms with Gasteiger partial charge in [-0.2, -0.15) is 5.10 Å². The Hall–Kier alpha value is -2.57. The zero-order valence-corrected chi connectivity index (χ0v) is 14.3. The summed E-state index contributed by atoms with van der Waals surface area (Å²) in [4.78, 5) is 4.18. The number of nitrogens with one attached hydrogen (secondary N) is 2. The summed E-state index contributed by atoms with van der Waals surface area (Å²) in [6.45, 7) is 3.23. The van der Waals surface area contributed by atoms with E-state index in [0.717, 1.165) is 13.0 Å². The first-order valence-electron chi connectivity index (χ1n) is 7.91. The maximum Gasteiger partial charge on any atom is 0.191 e. The minimum Gasteiger partial charge on any atom is -0.489 e. The van der Waals surface area contributed by atoms with Gasteiger partial charge in [0.25, 0.3) is 0 Å². The van der Waals surface area contributed by atoms with Gasteiger partial charge in [0, 0.05) is 32.9 Å². The van der Waals surface area contributed by atoms with Crippen LogP contribution in [0.25, 0.3) is 0 Å². The van der Waals surface area contributed by atoms with Crippen LogP contribution < -0.4 is 15.4 Å². The minimum absolute atomic E-state index is 0.122. The molecule has 6 nitrogen and oxygen atoms in total. The molecule has 0 bridgehead atoms. The van der Waals surface area contributed by atoms with Gasteiger partial charge in [-0.1, -0.05) is 6.07 Å². The normalized spacial score (nSPS) is 12.8. The predicted octanol–water partition coefficient (Wildman–Crippen LogP) is 1.73. The monoisotopic (exact) mass is 333 g/mol. The highest BCUT2D eigenvalue weighted by molar-refractivity contribution is 5.79. The molecule has 0 saturated heterocycles. The summed E-state index contributed by atoms with van der Waals surface area (Å²) < 4.78 is 20.6. The van der Waals surface area contributed by atoms with E-state index in [1.54, 1.807) is 23.9 Å². The second-order valence-electron chi connectivity index (χ2n) is 5.54. The van der Waals surface area contributed by atoms with E-state index in [2.05, 4.69) is 20.7 Å². The molecule has 130 valence electrons. The molecule has 1 aromatic heterocycles. The van der Waals surface area contributed by atoms with Crippen LogP contribution >= 0.6 is 0 Å². The van der Waals surface area contributed by atoms with Gasteiger partial charge in [-0.15, -0.1) is 0 Å². The Morgan fingerprint density at radius 3 is 2.92 bits per heavy atom. The molecule has 0 radical (unpaired) electrons. The van der Waals surface area contributed by atoms with Crippen molar-refractivity contribution in [3.8, 4) is 5.75 Å². The van der Waals surface area contributed by atoms with E-state index in [4.69, 9.17) is 4.74 Å². The Morgan fingerprint density at radius 1 is 1.42 bits per heavy atom. The van der Waals surface area contributed by atoms with Gasteiger partial charge in [-0.3, -0.25) is 9.67 Å². The fourth-order valence-electron chi connectivity index (χ4n) is 2.20. The van der Waals surface area contributed by atoms with Crippen molar-refractivity contribution in [2.24, 2.45) is 12.0 Å². The molecule has 0 spiro atoms. The number of rotatable bonds is 7. The molecule has 0 aliphatic heterocycles. The van der Waals surface area contributed by atoms with Crippen molar-refractivity contribution in [2.45, 2.75) is 19.4 Å². The topological polar surface area (TPSA) is 63.5 Å². The van der Waals surface area contributed by atoms with Crippen molar-refractivity contribution in [3.05, 3.63) is 48.0 Å². The second kappa shape index (κ2) is 8.90. The van der Waals surface area contributed by atoms with E-state index >= 15 is 0 Å². The number of nitrogens with zero attached hydrogens (tertiary/aromatic N) is 3. The fraction of sp³-hybridized carbons (Fsp3) is 0.412. The van der Waals surface area contributed by atoms with Crippen molar-refractivity contribution >= 4 is 5.96 Å². The number of halogens is 1. The van der Waals surface area contributed by atoms with Crippen LogP contribution in [-0.4, -0.2) is 42.0 Å². The average molecular weight is 333 g/mol. The Labute approximate surface area is 141 Å². The van der Waals surface area contributed by atoms with Gasteiger partial charge in [0.05, 0.1) is 12.7 Å². The van der Waals surface area contributed by atoms with Gasteiger partial charge in [0.2, 0.25) is 0 Å². The molecule has 24 heavy (non-hydrogen) atoms. The Morgan fingerprint density at radius 2 is 2.25 bits per heavy atom. The molecule has 1 aromatic carbocycles. The van der Waals surface area contributed by atoms with E-state index < -0.39 is 0 Å². The molecule has 0 aliphatic carbocycles. The number of aliphatic imine (C=N–C) groups is 1. The molecular formula is C17H24FN5O. The SMILES string of the molecule is CN=C(NCCc1cnn(C)c1)NCC(C)Oc1cccc(F)c1. The molecule has 2 N–H and O–H groups in total. The summed E-state index contributed by atoms with van der Waals surface area (Å²) in [6, 6.07) is 6.13. The van der Waals surface area contributed by atoms with Crippen molar-refractivity contribution < 1.29 is 9.13 Å². The lowest BCUT2D eigenvalue weighted by Gasteiger charge is -2.17. The van der Waals surface area contributed by atoms with Crippen LogP contribution in [0.3, 0.4) is 0 Å². The summed E-state index contributed by atoms with van der Waals surface area (Å²) in [5, 5.41) is 10.6. The van der Waals surface area contributed by atoms with E-state index in [-0.39, 0.29) is 11.9 Å². The van der Waals surface area contributed by atoms with E-state index in [1.165, 1.54) is 17.7 Å². The number of hydrogen-bond acceptors (Lipinski definition) is 3. The highest BCUT2D eigenvalue weighted by atomic mass is 19.1. The third-order valence-corrected chi connectivity index (χ3v) is 3.38. The third-order valence-electron chi connectivity index (χ3n) is 3.38. The molecular weight excluding hydrogens is 309 g/mol. The molecule has 1 unspecified atom stereocenters. The zero-order valence-electron chi connectivity index (χ0n) is 14.3. The van der Waals surface area contributed by atoms with Crippen molar-refractivity contribution in [1.29, 1.82) is 0 Å². The smallest absolute Gasteiger partial charge is 0.191 e. The average Bonchev–Trinajstić information content (AvgIpc) is 2.96. The van der Waals surface area contributed by atoms with Crippen LogP contribution in [0.2, 0.25) is 0 Å². The first-order valence-corrected chi connectivity index (χ1v) is 7.91. The lowest BCUT2D eigenvalue weighted by Crippen LogP contribution is -2.42. The van der Waals surface area contributed by atoms with Crippen LogP contribution in [0.5, 0.6) is 5.75 Å². The third kappa shape index (κ3) is 5.91. The van der Waals surface area contributed by atoms with Crippen molar-refractivity contribution in [3.63, 3.8) is 0 Å². The van der Waals surface area contributed by atoms with Crippen molar-refractivity contribution in [2.75, 3.05) is 20.1 Å². The number of benzene rings is 1. The summed E-state index contributed by atoms with van der Waals surface area (Å²) >= 11 is 0. The molecule has 2 rings (SSSR count). The van der Waals surface area contributed by atoms with Crippen LogP contribution in [-0.2, 0) is 13.5 Å². The van der Waals surface area contributed by atoms with E-state index in [0.29, 0.717) is 18.3 Å². The standard InChI is InChI=1S/C17H24FN5O/c1-13(24-16-6-4-5-15(18)9-16)10-21-17(19-2)20-8-7-14-11-22-23(3)12-14/h4-6,9,11-13H,7-8,10H2,1-3H3,(H2,19,20,21). The number of hydrogen-bond donors (Lipinski definition) is 2. The highest BCUT2D eigenvalue weighted by Gasteiger charge is 2.06. The van der Waals surface area contributed by atoms with Crippen LogP contribution in [0.4, 0.5) is 4.39 Å². The van der Waals surface area contributed by atoms with E-state index in [9.17, 15) is 4.39 Å². The molecule has 7 heteroatoms. The molecule has 0 saturated carbocycles. The summed E-state index contributed by atoms with van der Waals surface area (Å²) in [5.74, 6) is 0.915. The highest BCUT2D eigenvalue weighted by Crippen LogP contribution is 2.13. The largest absolute Gasteiger partial charge is 0.489 e. The summed E-state index contributed by atoms with van der Waals surface area (Å²) in [7, 11) is 3.62. The molecule has 2 aromatic rings. The number of aromatic nitrogens is 2. The van der Waals surface area contributed by atoms with Gasteiger partial charge < -0.3 is 15.4 Å². The lowest BCUT2D eigenvalue weighted by atomic mass is 10.2. The molecule has 1 heterocycles. The minimum atomic E-state index is -0.305. The van der Waals surface area contributed by atoms with Gasteiger partial charge >= 0.3 is 0 Å². The van der Waals surface area contributed by atoms with Crippen LogP contribution in [0, 0.1) is 5.82 Å². The molecule has 0 amide bonds. The first kappa shape index (κ1) is 17.8. The molecule has 0 fully saturated rings. The van der Waals surface area contributed by atoms with Crippen molar-refractivity contribution in [1.82, 2.24) is 20.4 Å². The second-order valence-corrected chi connectivity index (χ2v) is 5.54. The predicted molar refractivity (Wildman–Crippen MR) is 92.8 cm³/mol. The van der Waals surface area contributed by atoms with Crippen LogP contribution in [0.1, 0.15) is 12.5 Å². The lowest BCUT2D eigenvalue weighted by molar-refractivity contribution is 0.223. The van der Waals surface area contributed by atoms with Gasteiger partial charge in [0.1, 0.15) is 17.7 Å². The van der Waals surface area contributed by atoms with E-state index in [1.807, 2.05) is 26.4 Å². The Kier molecular flexibility index (Phi) is 6.60.